The van der Waals surface area contributed by atoms with Gasteiger partial charge in [-0.1, -0.05) is 44.0 Å². The molecule has 0 fully saturated rings. The monoisotopic (exact) mass is 1130 g/mol. The van der Waals surface area contributed by atoms with Gasteiger partial charge < -0.3 is 30.4 Å². The number of urea groups is 1. The van der Waals surface area contributed by atoms with Crippen LogP contribution >= 0.6 is 31.9 Å². The molecule has 13 rings (SSSR count). The van der Waals surface area contributed by atoms with Gasteiger partial charge in [0.2, 0.25) is 27.7 Å². The standard InChI is InChI=1S/C18H20N4O4S.C12H15N.C5H7N3O3S.C5H6N2O.C3H4N2O.C2H4Br2/c23-18(21-27(24,25)15-10-19-22-7-8-26-17(15)22)20-16-13-5-1-3-11(13)9-12-4-2-6-14(12)16;13-12-10-5-1-3-8(10)7-9-4-2-6-11(9)12;6-12(9,10)4-3-7-8-1-2-11-5(4)8;1-2-6-7-3-4-8-5(1)7;6-3-1-2-4-5-3;3-1-2-4/h9-10H,1-8H2,(H2,20,21,23);7H,1-6,13H2;3H,1-2H2,(H2,6,9,10);1-2H,3-4H2;1-2H,(H2,4,5,6);1-2H2. The normalized spacial score (nSPS) is 15.8. The molecule has 0 unspecified atom stereocenters. The maximum atomic E-state index is 12.6. The van der Waals surface area contributed by atoms with Crippen LogP contribution in [-0.4, -0.2) is 92.9 Å². The molecule has 25 heteroatoms. The first-order valence-electron chi connectivity index (χ1n) is 23.1. The van der Waals surface area contributed by atoms with Gasteiger partial charge in [-0.15, -0.1) is 0 Å². The Kier molecular flexibility index (Phi) is 16.4. The number of hydrogen-bond donors (Lipinski definition) is 6. The Bertz CT molecular complexity index is 3010. The molecule has 70 heavy (non-hydrogen) atoms. The second-order valence-electron chi connectivity index (χ2n) is 17.0. The quantitative estimate of drug-likeness (QED) is 0.101. The van der Waals surface area contributed by atoms with Crippen LogP contribution in [0.4, 0.5) is 16.2 Å². The highest BCUT2D eigenvalue weighted by Gasteiger charge is 2.31. The van der Waals surface area contributed by atoms with E-state index in [4.69, 9.17) is 25.1 Å². The van der Waals surface area contributed by atoms with Crippen molar-refractivity contribution in [1.82, 2.24) is 44.3 Å². The molecule has 0 atom stereocenters. The third-order valence-corrected chi connectivity index (χ3v) is 16.5. The van der Waals surface area contributed by atoms with E-state index in [9.17, 15) is 26.4 Å². The van der Waals surface area contributed by atoms with Crippen LogP contribution in [0, 0.1) is 0 Å². The number of aromatic nitrogens is 8. The minimum absolute atomic E-state index is 0.0417. The van der Waals surface area contributed by atoms with E-state index < -0.39 is 26.1 Å². The summed E-state index contributed by atoms with van der Waals surface area (Å²) in [5.74, 6) is 1.32. The van der Waals surface area contributed by atoms with Gasteiger partial charge in [0.25, 0.3) is 15.6 Å². The summed E-state index contributed by atoms with van der Waals surface area (Å²) in [5.41, 5.74) is 18.9. The SMILES string of the molecule is BrCCBr.NS(=O)(=O)c1cnn2c1OCC2.Nc1c2c(cc3c1CCC3)CCC2.O=C(Nc1c2c(cc3c1CCC3)CCC2)NS(=O)(=O)c1cnn2c1OCC2.O=c1cc[nH][nH]1.c1cc2n(n1)CCO2. The number of sulfonamides is 2. The van der Waals surface area contributed by atoms with E-state index in [-0.39, 0.29) is 27.1 Å². The number of fused-ring (bicyclic) bond motifs is 7. The number of aryl methyl sites for hydroxylation is 4. The molecule has 21 nitrogen and oxygen atoms in total. The lowest BCUT2D eigenvalue weighted by Gasteiger charge is -2.16. The van der Waals surface area contributed by atoms with Crippen LogP contribution in [-0.2, 0) is 91.0 Å². The number of benzene rings is 2. The number of nitrogens with two attached hydrogens (primary N) is 2. The fourth-order valence-electron chi connectivity index (χ4n) is 9.42. The van der Waals surface area contributed by atoms with Gasteiger partial charge in [0, 0.05) is 40.4 Å². The lowest BCUT2D eigenvalue weighted by Crippen LogP contribution is -2.35. The second-order valence-corrected chi connectivity index (χ2v) is 21.7. The Morgan fingerprint density at radius 2 is 1.19 bits per heavy atom. The van der Waals surface area contributed by atoms with Gasteiger partial charge in [0.05, 0.1) is 38.2 Å². The van der Waals surface area contributed by atoms with Gasteiger partial charge >= 0.3 is 6.03 Å². The average molecular weight is 1130 g/mol. The summed E-state index contributed by atoms with van der Waals surface area (Å²) in [4.78, 5) is 22.4. The van der Waals surface area contributed by atoms with Crippen molar-refractivity contribution in [3.63, 3.8) is 0 Å². The van der Waals surface area contributed by atoms with Crippen LogP contribution in [0.25, 0.3) is 0 Å². The lowest BCUT2D eigenvalue weighted by atomic mass is 9.99. The summed E-state index contributed by atoms with van der Waals surface area (Å²) in [6.45, 7) is 3.58. The van der Waals surface area contributed by atoms with Gasteiger partial charge in [-0.05, 0) is 122 Å². The van der Waals surface area contributed by atoms with Crippen LogP contribution in [0.2, 0.25) is 0 Å². The molecular weight excluding hydrogens is 1080 g/mol. The number of nitrogen functional groups attached to an aromatic ring is 1. The van der Waals surface area contributed by atoms with Gasteiger partial charge in [0.1, 0.15) is 19.8 Å². The molecule has 0 saturated heterocycles. The fraction of sp³-hybridized carbons (Fsp3) is 0.444. The van der Waals surface area contributed by atoms with E-state index in [1.165, 1.54) is 99.7 Å². The molecule has 8 N–H and O–H groups in total. The van der Waals surface area contributed by atoms with Crippen molar-refractivity contribution in [1.29, 1.82) is 0 Å². The Morgan fingerprint density at radius 3 is 1.67 bits per heavy atom. The van der Waals surface area contributed by atoms with E-state index >= 15 is 0 Å². The van der Waals surface area contributed by atoms with E-state index in [2.05, 4.69) is 79.5 Å². The molecule has 0 radical (unpaired) electrons. The first kappa shape index (κ1) is 50.7. The molecule has 7 aliphatic rings. The highest BCUT2D eigenvalue weighted by molar-refractivity contribution is 9.11. The smallest absolute Gasteiger partial charge is 0.333 e. The predicted octanol–water partition coefficient (Wildman–Crippen LogP) is 4.69. The molecule has 0 bridgehead atoms. The molecule has 7 heterocycles. The average Bonchev–Trinajstić information content (AvgIpc) is 4.16. The van der Waals surface area contributed by atoms with Crippen molar-refractivity contribution in [3.8, 4) is 17.6 Å². The highest BCUT2D eigenvalue weighted by atomic mass is 79.9. The lowest BCUT2D eigenvalue weighted by molar-refractivity contribution is 0.256. The zero-order chi connectivity index (χ0) is 49.4. The predicted molar refractivity (Wildman–Crippen MR) is 268 cm³/mol. The summed E-state index contributed by atoms with van der Waals surface area (Å²) < 4.78 is 69.4. The number of carbonyl (C=O) groups is 1. The number of primary sulfonamides is 1. The topological polar surface area (TPSA) is 291 Å². The summed E-state index contributed by atoms with van der Waals surface area (Å²) >= 11 is 6.40. The fourth-order valence-corrected chi connectivity index (χ4v) is 11.0. The molecule has 4 aromatic heterocycles. The minimum atomic E-state index is -4.06. The van der Waals surface area contributed by atoms with Crippen molar-refractivity contribution >= 4 is 69.3 Å². The number of alkyl halides is 2. The molecular formula is C45H56Br2N12O9S2. The number of ether oxygens (including phenoxy) is 3. The van der Waals surface area contributed by atoms with E-state index in [0.717, 1.165) is 90.7 Å². The number of halogens is 2. The summed E-state index contributed by atoms with van der Waals surface area (Å²) in [6.07, 6.45) is 19.2. The zero-order valence-corrected chi connectivity index (χ0v) is 43.2. The Morgan fingerprint density at radius 1 is 0.686 bits per heavy atom. The van der Waals surface area contributed by atoms with Crippen molar-refractivity contribution in [2.45, 2.75) is 106 Å². The maximum Gasteiger partial charge on any atom is 0.333 e. The number of amides is 2. The number of carbonyl (C=O) groups excluding carboxylic acids is 1. The highest BCUT2D eigenvalue weighted by Crippen LogP contribution is 2.39. The largest absolute Gasteiger partial charge is 0.476 e. The van der Waals surface area contributed by atoms with Gasteiger partial charge in [-0.3, -0.25) is 9.89 Å². The van der Waals surface area contributed by atoms with Crippen LogP contribution < -0.4 is 40.7 Å². The number of H-pyrrole nitrogens is 2. The molecule has 4 aliphatic carbocycles. The molecule has 2 aromatic carbocycles. The first-order chi connectivity index (χ1) is 33.7. The van der Waals surface area contributed by atoms with E-state index in [1.54, 1.807) is 12.4 Å². The van der Waals surface area contributed by atoms with Crippen LogP contribution in [0.3, 0.4) is 0 Å². The third kappa shape index (κ3) is 11.8. The number of nitrogens with one attached hydrogen (secondary N) is 4. The number of aromatic amines is 2. The van der Waals surface area contributed by atoms with Gasteiger partial charge in [0.15, 0.2) is 9.79 Å². The zero-order valence-electron chi connectivity index (χ0n) is 38.3. The summed E-state index contributed by atoms with van der Waals surface area (Å²) in [6, 6.07) is 7.22. The van der Waals surface area contributed by atoms with Crippen molar-refractivity contribution in [2.24, 2.45) is 5.14 Å². The Hall–Kier alpha value is -5.63. The molecule has 2 amide bonds. The molecule has 6 aromatic rings. The van der Waals surface area contributed by atoms with E-state index in [1.807, 2.05) is 10.7 Å². The number of anilines is 2. The van der Waals surface area contributed by atoms with Crippen molar-refractivity contribution in [3.05, 3.63) is 104 Å². The molecule has 0 spiro atoms. The Balaban J connectivity index is 0.000000128. The molecule has 3 aliphatic heterocycles. The van der Waals surface area contributed by atoms with Crippen molar-refractivity contribution < 1.29 is 35.8 Å². The number of nitrogens with zero attached hydrogens (tertiary/aromatic N) is 6. The second kappa shape index (κ2) is 22.6. The Labute approximate surface area is 421 Å². The summed E-state index contributed by atoms with van der Waals surface area (Å²) in [5, 5.41) is 26.4. The van der Waals surface area contributed by atoms with Gasteiger partial charge in [-0.25, -0.2) is 45.5 Å². The number of hydrogen-bond acceptors (Lipinski definition) is 13. The van der Waals surface area contributed by atoms with E-state index in [0.29, 0.717) is 26.3 Å². The van der Waals surface area contributed by atoms with Crippen LogP contribution in [0.15, 0.2) is 63.6 Å². The van der Waals surface area contributed by atoms with Gasteiger partial charge in [-0.2, -0.15) is 15.3 Å². The van der Waals surface area contributed by atoms with Crippen LogP contribution in [0.1, 0.15) is 70.2 Å². The molecule has 0 saturated carbocycles. The maximum absolute atomic E-state index is 12.6. The first-order valence-corrected chi connectivity index (χ1v) is 28.3. The minimum Gasteiger partial charge on any atom is -0.476 e. The third-order valence-electron chi connectivity index (χ3n) is 12.5. The van der Waals surface area contributed by atoms with Crippen molar-refractivity contribution in [2.75, 3.05) is 41.5 Å². The molecule has 376 valence electrons. The van der Waals surface area contributed by atoms with Crippen LogP contribution in [0.5, 0.6) is 17.6 Å². The summed E-state index contributed by atoms with van der Waals surface area (Å²) in [7, 11) is -7.75. The number of rotatable bonds is 5.